The number of halogens is 1. The van der Waals surface area contributed by atoms with Crippen molar-refractivity contribution < 1.29 is 13.9 Å². The number of carbonyl (C=O) groups is 1. The molecule has 1 unspecified atom stereocenters. The molecule has 0 bridgehead atoms. The van der Waals surface area contributed by atoms with Crippen LogP contribution in [0.1, 0.15) is 39.3 Å². The van der Waals surface area contributed by atoms with Gasteiger partial charge in [0.1, 0.15) is 11.4 Å². The Balaban J connectivity index is 2.68. The van der Waals surface area contributed by atoms with Crippen molar-refractivity contribution in [2.24, 2.45) is 0 Å². The summed E-state index contributed by atoms with van der Waals surface area (Å²) in [5, 5.41) is 2.66. The minimum Gasteiger partial charge on any atom is -0.444 e. The third-order valence-electron chi connectivity index (χ3n) is 2.25. The monoisotopic (exact) mass is 254 g/mol. The number of ether oxygens (including phenoxy) is 1. The number of hydrogen-bond acceptors (Lipinski definition) is 3. The third-order valence-corrected chi connectivity index (χ3v) is 2.25. The van der Waals surface area contributed by atoms with Gasteiger partial charge in [-0.05, 0) is 45.4 Å². The van der Waals surface area contributed by atoms with Gasteiger partial charge in [-0.2, -0.15) is 0 Å². The van der Waals surface area contributed by atoms with E-state index in [1.807, 2.05) is 0 Å². The second-order valence-electron chi connectivity index (χ2n) is 5.15. The summed E-state index contributed by atoms with van der Waals surface area (Å²) >= 11 is 0. The van der Waals surface area contributed by atoms with Gasteiger partial charge in [-0.3, -0.25) is 0 Å². The molecule has 0 aliphatic rings. The highest BCUT2D eigenvalue weighted by molar-refractivity contribution is 5.68. The van der Waals surface area contributed by atoms with Crippen molar-refractivity contribution in [2.45, 2.75) is 39.3 Å². The van der Waals surface area contributed by atoms with E-state index in [1.54, 1.807) is 33.8 Å². The van der Waals surface area contributed by atoms with Crippen molar-refractivity contribution in [1.29, 1.82) is 0 Å². The molecule has 1 aromatic carbocycles. The van der Waals surface area contributed by atoms with Gasteiger partial charge in [0.25, 0.3) is 0 Å². The molecule has 0 fully saturated rings. The second-order valence-corrected chi connectivity index (χ2v) is 5.15. The molecule has 0 heterocycles. The molecule has 0 spiro atoms. The van der Waals surface area contributed by atoms with Crippen LogP contribution in [0.25, 0.3) is 0 Å². The van der Waals surface area contributed by atoms with E-state index in [4.69, 9.17) is 10.5 Å². The minimum atomic E-state index is -0.550. The zero-order chi connectivity index (χ0) is 13.9. The number of nitrogens with two attached hydrogens (primary N) is 1. The smallest absolute Gasteiger partial charge is 0.408 e. The Labute approximate surface area is 106 Å². The van der Waals surface area contributed by atoms with Crippen molar-refractivity contribution in [2.75, 3.05) is 5.73 Å². The van der Waals surface area contributed by atoms with Gasteiger partial charge in [0.15, 0.2) is 0 Å². The highest BCUT2D eigenvalue weighted by Crippen LogP contribution is 2.19. The zero-order valence-corrected chi connectivity index (χ0v) is 11.1. The Hall–Kier alpha value is -1.78. The molecule has 1 atom stereocenters. The van der Waals surface area contributed by atoms with E-state index in [0.29, 0.717) is 0 Å². The Morgan fingerprint density at radius 3 is 2.56 bits per heavy atom. The summed E-state index contributed by atoms with van der Waals surface area (Å²) in [7, 11) is 0. The maximum atomic E-state index is 13.0. The number of carbonyl (C=O) groups excluding carboxylic acids is 1. The number of alkyl carbamates (subject to hydrolysis) is 1. The SMILES string of the molecule is CC(NC(=O)OC(C)(C)C)c1ccc(F)c(N)c1. The Kier molecular flexibility index (Phi) is 4.16. The topological polar surface area (TPSA) is 64.3 Å². The average Bonchev–Trinajstić information content (AvgIpc) is 2.18. The van der Waals surface area contributed by atoms with Gasteiger partial charge in [0.05, 0.1) is 11.7 Å². The molecule has 4 nitrogen and oxygen atoms in total. The van der Waals surface area contributed by atoms with Crippen LogP contribution < -0.4 is 11.1 Å². The first-order chi connectivity index (χ1) is 8.19. The second kappa shape index (κ2) is 5.25. The van der Waals surface area contributed by atoms with E-state index in [1.165, 1.54) is 12.1 Å². The van der Waals surface area contributed by atoms with E-state index < -0.39 is 17.5 Å². The molecule has 0 saturated heterocycles. The fourth-order valence-corrected chi connectivity index (χ4v) is 1.40. The van der Waals surface area contributed by atoms with Crippen LogP contribution in [0.5, 0.6) is 0 Å². The zero-order valence-electron chi connectivity index (χ0n) is 11.1. The largest absolute Gasteiger partial charge is 0.444 e. The van der Waals surface area contributed by atoms with Crippen molar-refractivity contribution in [1.82, 2.24) is 5.32 Å². The quantitative estimate of drug-likeness (QED) is 0.797. The van der Waals surface area contributed by atoms with Crippen LogP contribution in [-0.2, 0) is 4.74 Å². The van der Waals surface area contributed by atoms with Crippen LogP contribution in [0, 0.1) is 5.82 Å². The Morgan fingerprint density at radius 2 is 2.06 bits per heavy atom. The molecule has 3 N–H and O–H groups in total. The molecule has 5 heteroatoms. The number of rotatable bonds is 2. The van der Waals surface area contributed by atoms with Crippen molar-refractivity contribution >= 4 is 11.8 Å². The minimum absolute atomic E-state index is 0.0605. The summed E-state index contributed by atoms with van der Waals surface area (Å²) in [4.78, 5) is 11.6. The van der Waals surface area contributed by atoms with Crippen LogP contribution in [0.15, 0.2) is 18.2 Å². The predicted octanol–water partition coefficient (Wildman–Crippen LogP) is 2.99. The standard InChI is InChI=1S/C13H19FN2O2/c1-8(16-12(17)18-13(2,3)4)9-5-6-10(14)11(15)7-9/h5-8H,15H2,1-4H3,(H,16,17). The number of anilines is 1. The normalized spacial score (nSPS) is 12.9. The van der Waals surface area contributed by atoms with Crippen molar-refractivity contribution in [3.63, 3.8) is 0 Å². The summed E-state index contributed by atoms with van der Waals surface area (Å²) in [6.45, 7) is 7.13. The Bertz CT molecular complexity index is 441. The molecule has 0 radical (unpaired) electrons. The summed E-state index contributed by atoms with van der Waals surface area (Å²) in [5.74, 6) is -0.469. The predicted molar refractivity (Wildman–Crippen MR) is 68.6 cm³/mol. The first-order valence-corrected chi connectivity index (χ1v) is 5.73. The van der Waals surface area contributed by atoms with E-state index in [0.717, 1.165) is 5.56 Å². The van der Waals surface area contributed by atoms with Crippen LogP contribution in [0.3, 0.4) is 0 Å². The van der Waals surface area contributed by atoms with E-state index in [2.05, 4.69) is 5.32 Å². The summed E-state index contributed by atoms with van der Waals surface area (Å²) < 4.78 is 18.1. The van der Waals surface area contributed by atoms with Gasteiger partial charge in [0.2, 0.25) is 0 Å². The molecule has 0 aliphatic heterocycles. The fourth-order valence-electron chi connectivity index (χ4n) is 1.40. The average molecular weight is 254 g/mol. The van der Waals surface area contributed by atoms with Gasteiger partial charge >= 0.3 is 6.09 Å². The van der Waals surface area contributed by atoms with Crippen molar-refractivity contribution in [3.8, 4) is 0 Å². The van der Waals surface area contributed by atoms with Crippen LogP contribution >= 0.6 is 0 Å². The van der Waals surface area contributed by atoms with E-state index in [-0.39, 0.29) is 11.7 Å². The number of amides is 1. The summed E-state index contributed by atoms with van der Waals surface area (Å²) in [5.41, 5.74) is 5.70. The molecule has 18 heavy (non-hydrogen) atoms. The maximum Gasteiger partial charge on any atom is 0.408 e. The molecule has 1 amide bonds. The van der Waals surface area contributed by atoms with Crippen LogP contribution in [-0.4, -0.2) is 11.7 Å². The lowest BCUT2D eigenvalue weighted by atomic mass is 10.1. The first kappa shape index (κ1) is 14.3. The number of nitrogen functional groups attached to an aromatic ring is 1. The van der Waals surface area contributed by atoms with E-state index in [9.17, 15) is 9.18 Å². The van der Waals surface area contributed by atoms with Crippen LogP contribution in [0.4, 0.5) is 14.9 Å². The van der Waals surface area contributed by atoms with E-state index >= 15 is 0 Å². The lowest BCUT2D eigenvalue weighted by Gasteiger charge is -2.22. The maximum absolute atomic E-state index is 13.0. The van der Waals surface area contributed by atoms with Gasteiger partial charge in [-0.25, -0.2) is 9.18 Å². The fraction of sp³-hybridized carbons (Fsp3) is 0.462. The lowest BCUT2D eigenvalue weighted by Crippen LogP contribution is -2.34. The van der Waals surface area contributed by atoms with Gasteiger partial charge in [-0.15, -0.1) is 0 Å². The molecule has 100 valence electrons. The lowest BCUT2D eigenvalue weighted by molar-refractivity contribution is 0.0508. The number of hydrogen-bond donors (Lipinski definition) is 2. The van der Waals surface area contributed by atoms with Gasteiger partial charge in [-0.1, -0.05) is 6.07 Å². The molecule has 0 aliphatic carbocycles. The molecular formula is C13H19FN2O2. The van der Waals surface area contributed by atoms with Gasteiger partial charge < -0.3 is 15.8 Å². The van der Waals surface area contributed by atoms with Crippen molar-refractivity contribution in [3.05, 3.63) is 29.6 Å². The number of benzene rings is 1. The Morgan fingerprint density at radius 1 is 1.44 bits per heavy atom. The molecule has 0 aromatic heterocycles. The first-order valence-electron chi connectivity index (χ1n) is 5.73. The molecule has 0 saturated carbocycles. The molecule has 1 rings (SSSR count). The highest BCUT2D eigenvalue weighted by Gasteiger charge is 2.18. The number of nitrogens with one attached hydrogen (secondary N) is 1. The van der Waals surface area contributed by atoms with Crippen LogP contribution in [0.2, 0.25) is 0 Å². The third kappa shape index (κ3) is 4.24. The molecule has 1 aromatic rings. The summed E-state index contributed by atoms with van der Waals surface area (Å²) in [6.07, 6.45) is -0.516. The van der Waals surface area contributed by atoms with Gasteiger partial charge in [0, 0.05) is 0 Å². The molecular weight excluding hydrogens is 235 g/mol. The summed E-state index contributed by atoms with van der Waals surface area (Å²) in [6, 6.07) is 4.05. The highest BCUT2D eigenvalue weighted by atomic mass is 19.1.